The second-order valence-electron chi connectivity index (χ2n) is 4.99. The van der Waals surface area contributed by atoms with E-state index in [4.69, 9.17) is 0 Å². The Balaban J connectivity index is 2.28. The molecule has 3 heteroatoms. The number of nitrogens with one attached hydrogen (secondary N) is 1. The van der Waals surface area contributed by atoms with Crippen LogP contribution in [0.2, 0.25) is 0 Å². The third-order valence-corrected chi connectivity index (χ3v) is 3.51. The highest BCUT2D eigenvalue weighted by atomic mass is 16.2. The molecule has 0 saturated carbocycles. The number of hydrogen-bond donors (Lipinski definition) is 1. The van der Waals surface area contributed by atoms with E-state index in [1.54, 1.807) is 0 Å². The third-order valence-electron chi connectivity index (χ3n) is 3.51. The molecule has 0 radical (unpaired) electrons. The number of hydrogen-bond acceptors (Lipinski definition) is 2. The lowest BCUT2D eigenvalue weighted by molar-refractivity contribution is -0.126. The zero-order chi connectivity index (χ0) is 12.5. The first-order valence-corrected chi connectivity index (χ1v) is 6.20. The molecule has 1 aromatic carbocycles. The molecule has 92 valence electrons. The first-order chi connectivity index (χ1) is 8.05. The summed E-state index contributed by atoms with van der Waals surface area (Å²) in [6, 6.07) is 8.49. The number of carbonyl (C=O) groups is 1. The highest BCUT2D eigenvalue weighted by Gasteiger charge is 2.37. The van der Waals surface area contributed by atoms with Crippen LogP contribution in [0.25, 0.3) is 0 Å². The molecule has 1 fully saturated rings. The summed E-state index contributed by atoms with van der Waals surface area (Å²) >= 11 is 0. The SMILES string of the molecule is CCc1ccc(N2CCNC(=O)C2(C)C)cc1. The van der Waals surface area contributed by atoms with Gasteiger partial charge in [0.1, 0.15) is 5.54 Å². The van der Waals surface area contributed by atoms with Crippen molar-refractivity contribution >= 4 is 11.6 Å². The van der Waals surface area contributed by atoms with Gasteiger partial charge in [-0.2, -0.15) is 0 Å². The number of carbonyl (C=O) groups excluding carboxylic acids is 1. The second kappa shape index (κ2) is 4.40. The van der Waals surface area contributed by atoms with Crippen molar-refractivity contribution in [2.45, 2.75) is 32.7 Å². The Morgan fingerprint density at radius 3 is 2.53 bits per heavy atom. The highest BCUT2D eigenvalue weighted by molar-refractivity contribution is 5.90. The van der Waals surface area contributed by atoms with Crippen LogP contribution in [0.5, 0.6) is 0 Å². The summed E-state index contributed by atoms with van der Waals surface area (Å²) in [7, 11) is 0. The zero-order valence-electron chi connectivity index (χ0n) is 10.8. The molecule has 3 nitrogen and oxygen atoms in total. The van der Waals surface area contributed by atoms with Crippen molar-refractivity contribution in [3.05, 3.63) is 29.8 Å². The zero-order valence-corrected chi connectivity index (χ0v) is 10.8. The van der Waals surface area contributed by atoms with Gasteiger partial charge in [0.25, 0.3) is 0 Å². The normalized spacial score (nSPS) is 19.0. The molecule has 1 saturated heterocycles. The molecule has 0 unspecified atom stereocenters. The van der Waals surface area contributed by atoms with E-state index in [0.29, 0.717) is 0 Å². The van der Waals surface area contributed by atoms with Crippen LogP contribution >= 0.6 is 0 Å². The van der Waals surface area contributed by atoms with E-state index in [9.17, 15) is 4.79 Å². The van der Waals surface area contributed by atoms with E-state index in [1.807, 2.05) is 13.8 Å². The molecular formula is C14H20N2O. The molecule has 1 aliphatic heterocycles. The molecule has 0 aromatic heterocycles. The fourth-order valence-corrected chi connectivity index (χ4v) is 2.26. The van der Waals surface area contributed by atoms with Crippen molar-refractivity contribution in [3.8, 4) is 0 Å². The minimum Gasteiger partial charge on any atom is -0.356 e. The van der Waals surface area contributed by atoms with Gasteiger partial charge in [0.05, 0.1) is 0 Å². The van der Waals surface area contributed by atoms with Gasteiger partial charge in [-0.15, -0.1) is 0 Å². The summed E-state index contributed by atoms with van der Waals surface area (Å²) in [5.74, 6) is 0.100. The number of nitrogens with zero attached hydrogens (tertiary/aromatic N) is 1. The Morgan fingerprint density at radius 2 is 1.94 bits per heavy atom. The predicted molar refractivity (Wildman–Crippen MR) is 70.3 cm³/mol. The molecule has 1 N–H and O–H groups in total. The van der Waals surface area contributed by atoms with E-state index in [0.717, 1.165) is 25.2 Å². The summed E-state index contributed by atoms with van der Waals surface area (Å²) in [6.45, 7) is 7.67. The van der Waals surface area contributed by atoms with Gasteiger partial charge in [-0.1, -0.05) is 19.1 Å². The molecule has 0 atom stereocenters. The van der Waals surface area contributed by atoms with Gasteiger partial charge in [0, 0.05) is 18.8 Å². The van der Waals surface area contributed by atoms with E-state index in [2.05, 4.69) is 41.4 Å². The second-order valence-corrected chi connectivity index (χ2v) is 4.99. The smallest absolute Gasteiger partial charge is 0.245 e. The van der Waals surface area contributed by atoms with Crippen molar-refractivity contribution < 1.29 is 4.79 Å². The minimum atomic E-state index is -0.466. The standard InChI is InChI=1S/C14H20N2O/c1-4-11-5-7-12(8-6-11)16-10-9-15-13(17)14(16,2)3/h5-8H,4,9-10H2,1-3H3,(H,15,17). The minimum absolute atomic E-state index is 0.100. The number of benzene rings is 1. The van der Waals surface area contributed by atoms with E-state index < -0.39 is 5.54 Å². The van der Waals surface area contributed by atoms with Gasteiger partial charge < -0.3 is 10.2 Å². The maximum atomic E-state index is 11.9. The quantitative estimate of drug-likeness (QED) is 0.845. The van der Waals surface area contributed by atoms with Crippen molar-refractivity contribution in [2.75, 3.05) is 18.0 Å². The Hall–Kier alpha value is -1.51. The van der Waals surface area contributed by atoms with E-state index >= 15 is 0 Å². The lowest BCUT2D eigenvalue weighted by Gasteiger charge is -2.42. The van der Waals surface area contributed by atoms with Crippen molar-refractivity contribution in [2.24, 2.45) is 0 Å². The first-order valence-electron chi connectivity index (χ1n) is 6.20. The largest absolute Gasteiger partial charge is 0.356 e. The van der Waals surface area contributed by atoms with Crippen LogP contribution in [-0.2, 0) is 11.2 Å². The lowest BCUT2D eigenvalue weighted by Crippen LogP contribution is -2.62. The van der Waals surface area contributed by atoms with Crippen LogP contribution in [0.3, 0.4) is 0 Å². The van der Waals surface area contributed by atoms with Crippen LogP contribution in [0.4, 0.5) is 5.69 Å². The number of piperazine rings is 1. The van der Waals surface area contributed by atoms with Gasteiger partial charge in [0.15, 0.2) is 0 Å². The number of amides is 1. The van der Waals surface area contributed by atoms with Crippen molar-refractivity contribution in [3.63, 3.8) is 0 Å². The molecule has 0 spiro atoms. The van der Waals surface area contributed by atoms with E-state index in [1.165, 1.54) is 5.56 Å². The molecule has 17 heavy (non-hydrogen) atoms. The summed E-state index contributed by atoms with van der Waals surface area (Å²) < 4.78 is 0. The summed E-state index contributed by atoms with van der Waals surface area (Å²) in [5.41, 5.74) is 1.99. The Bertz CT molecular complexity index is 409. The fourth-order valence-electron chi connectivity index (χ4n) is 2.26. The number of aryl methyl sites for hydroxylation is 1. The molecule has 1 heterocycles. The van der Waals surface area contributed by atoms with Crippen LogP contribution in [0.15, 0.2) is 24.3 Å². The average molecular weight is 232 g/mol. The first kappa shape index (κ1) is 12.0. The lowest BCUT2D eigenvalue weighted by atomic mass is 9.97. The Labute approximate surface area is 103 Å². The Morgan fingerprint density at radius 1 is 1.29 bits per heavy atom. The van der Waals surface area contributed by atoms with Gasteiger partial charge >= 0.3 is 0 Å². The monoisotopic (exact) mass is 232 g/mol. The number of rotatable bonds is 2. The van der Waals surface area contributed by atoms with Crippen LogP contribution in [-0.4, -0.2) is 24.5 Å². The molecule has 1 aliphatic rings. The van der Waals surface area contributed by atoms with Crippen LogP contribution < -0.4 is 10.2 Å². The fraction of sp³-hybridized carbons (Fsp3) is 0.500. The third kappa shape index (κ3) is 2.14. The number of anilines is 1. The Kier molecular flexibility index (Phi) is 3.09. The van der Waals surface area contributed by atoms with Gasteiger partial charge in [-0.05, 0) is 38.0 Å². The van der Waals surface area contributed by atoms with Crippen LogP contribution in [0, 0.1) is 0 Å². The van der Waals surface area contributed by atoms with Crippen molar-refractivity contribution in [1.29, 1.82) is 0 Å². The van der Waals surface area contributed by atoms with Gasteiger partial charge in [-0.25, -0.2) is 0 Å². The van der Waals surface area contributed by atoms with E-state index in [-0.39, 0.29) is 5.91 Å². The molecule has 0 bridgehead atoms. The van der Waals surface area contributed by atoms with Gasteiger partial charge in [0.2, 0.25) is 5.91 Å². The highest BCUT2D eigenvalue weighted by Crippen LogP contribution is 2.26. The molecule has 2 rings (SSSR count). The van der Waals surface area contributed by atoms with Crippen LogP contribution in [0.1, 0.15) is 26.3 Å². The van der Waals surface area contributed by atoms with Gasteiger partial charge in [-0.3, -0.25) is 4.79 Å². The topological polar surface area (TPSA) is 32.3 Å². The molecule has 1 amide bonds. The molecule has 1 aromatic rings. The maximum absolute atomic E-state index is 11.9. The molecular weight excluding hydrogens is 212 g/mol. The van der Waals surface area contributed by atoms with Crippen molar-refractivity contribution in [1.82, 2.24) is 5.32 Å². The maximum Gasteiger partial charge on any atom is 0.245 e. The summed E-state index contributed by atoms with van der Waals surface area (Å²) in [4.78, 5) is 14.0. The summed E-state index contributed by atoms with van der Waals surface area (Å²) in [5, 5.41) is 2.91. The summed E-state index contributed by atoms with van der Waals surface area (Å²) in [6.07, 6.45) is 1.05. The average Bonchev–Trinajstić information content (AvgIpc) is 2.33. The molecule has 0 aliphatic carbocycles. The predicted octanol–water partition coefficient (Wildman–Crippen LogP) is 1.96.